The van der Waals surface area contributed by atoms with Gasteiger partial charge < -0.3 is 16.0 Å². The van der Waals surface area contributed by atoms with Gasteiger partial charge in [0, 0.05) is 31.8 Å². The molecule has 0 spiro atoms. The molecule has 9 heteroatoms. The minimum Gasteiger partial charge on any atom is -0.354 e. The van der Waals surface area contributed by atoms with E-state index in [4.69, 9.17) is 0 Å². The number of aromatic nitrogens is 3. The van der Waals surface area contributed by atoms with Gasteiger partial charge in [-0.2, -0.15) is 5.10 Å². The normalized spacial score (nSPS) is 20.8. The first kappa shape index (κ1) is 17.4. The number of nitrogens with one attached hydrogen (secondary N) is 3. The van der Waals surface area contributed by atoms with Gasteiger partial charge in [-0.15, -0.1) is 0 Å². The van der Waals surface area contributed by atoms with Crippen LogP contribution in [0.3, 0.4) is 0 Å². The summed E-state index contributed by atoms with van der Waals surface area (Å²) in [5.74, 6) is -0.0175. The highest BCUT2D eigenvalue weighted by Crippen LogP contribution is 2.34. The van der Waals surface area contributed by atoms with Gasteiger partial charge in [0.05, 0.1) is 12.1 Å². The fourth-order valence-electron chi connectivity index (χ4n) is 2.97. The zero-order chi connectivity index (χ0) is 17.7. The third-order valence-corrected chi connectivity index (χ3v) is 4.72. The van der Waals surface area contributed by atoms with Crippen molar-refractivity contribution >= 4 is 17.7 Å². The number of amides is 3. The lowest BCUT2D eigenvalue weighted by Gasteiger charge is -2.18. The molecule has 25 heavy (non-hydrogen) atoms. The van der Waals surface area contributed by atoms with E-state index in [9.17, 15) is 14.4 Å². The minimum absolute atomic E-state index is 0.0377. The summed E-state index contributed by atoms with van der Waals surface area (Å²) in [7, 11) is 0. The van der Waals surface area contributed by atoms with Crippen LogP contribution < -0.4 is 16.0 Å². The Kier molecular flexibility index (Phi) is 5.30. The first-order chi connectivity index (χ1) is 12.0. The number of carbonyl (C=O) groups is 3. The van der Waals surface area contributed by atoms with E-state index in [1.54, 1.807) is 11.0 Å². The third-order valence-electron chi connectivity index (χ3n) is 4.72. The van der Waals surface area contributed by atoms with Crippen molar-refractivity contribution < 1.29 is 14.4 Å². The first-order valence-electron chi connectivity index (χ1n) is 8.74. The van der Waals surface area contributed by atoms with Crippen LogP contribution in [0.4, 0.5) is 0 Å². The number of hydrogen-bond acceptors (Lipinski definition) is 5. The maximum Gasteiger partial charge on any atom is 0.222 e. The predicted molar refractivity (Wildman–Crippen MR) is 88.2 cm³/mol. The fourth-order valence-corrected chi connectivity index (χ4v) is 2.97. The van der Waals surface area contributed by atoms with Crippen LogP contribution in [0.2, 0.25) is 0 Å². The van der Waals surface area contributed by atoms with Gasteiger partial charge in [-0.25, -0.2) is 4.98 Å². The van der Waals surface area contributed by atoms with Crippen molar-refractivity contribution in [3.8, 4) is 0 Å². The zero-order valence-corrected chi connectivity index (χ0v) is 14.2. The number of rotatable bonds is 9. The second kappa shape index (κ2) is 7.62. The lowest BCUT2D eigenvalue weighted by Crippen LogP contribution is -2.46. The van der Waals surface area contributed by atoms with Gasteiger partial charge in [0.15, 0.2) is 0 Å². The summed E-state index contributed by atoms with van der Waals surface area (Å²) < 4.78 is 1.61. The molecule has 0 radical (unpaired) electrons. The Morgan fingerprint density at radius 2 is 2.16 bits per heavy atom. The van der Waals surface area contributed by atoms with Gasteiger partial charge in [0.2, 0.25) is 17.7 Å². The van der Waals surface area contributed by atoms with Crippen molar-refractivity contribution in [2.24, 2.45) is 0 Å². The van der Waals surface area contributed by atoms with Crippen LogP contribution in [0.5, 0.6) is 0 Å². The minimum atomic E-state index is -0.295. The average Bonchev–Trinajstić information content (AvgIpc) is 2.99. The van der Waals surface area contributed by atoms with Crippen LogP contribution in [0.1, 0.15) is 44.9 Å². The maximum atomic E-state index is 12.0. The van der Waals surface area contributed by atoms with E-state index in [1.807, 2.05) is 0 Å². The highest BCUT2D eigenvalue weighted by molar-refractivity contribution is 5.79. The lowest BCUT2D eigenvalue weighted by atomic mass is 10.1. The van der Waals surface area contributed by atoms with Crippen LogP contribution >= 0.6 is 0 Å². The van der Waals surface area contributed by atoms with Crippen LogP contribution in [-0.2, 0) is 20.9 Å². The molecule has 2 fully saturated rings. The van der Waals surface area contributed by atoms with Crippen molar-refractivity contribution in [1.82, 2.24) is 30.7 Å². The highest BCUT2D eigenvalue weighted by atomic mass is 16.2. The molecule has 1 saturated heterocycles. The van der Waals surface area contributed by atoms with Crippen molar-refractivity contribution in [1.29, 1.82) is 0 Å². The molecule has 3 amide bonds. The summed E-state index contributed by atoms with van der Waals surface area (Å²) in [4.78, 5) is 39.0. The summed E-state index contributed by atoms with van der Waals surface area (Å²) >= 11 is 0. The Balaban J connectivity index is 1.32. The predicted octanol–water partition coefficient (Wildman–Crippen LogP) is -0.508. The maximum absolute atomic E-state index is 12.0. The van der Waals surface area contributed by atoms with Crippen molar-refractivity contribution in [3.05, 3.63) is 12.7 Å². The molecule has 136 valence electrons. The van der Waals surface area contributed by atoms with E-state index < -0.39 is 0 Å². The number of carbonyl (C=O) groups excluding carboxylic acids is 3. The first-order valence-corrected chi connectivity index (χ1v) is 8.74. The Labute approximate surface area is 145 Å². The summed E-state index contributed by atoms with van der Waals surface area (Å²) in [6.45, 7) is 0.944. The summed E-state index contributed by atoms with van der Waals surface area (Å²) in [5.41, 5.74) is -0.295. The van der Waals surface area contributed by atoms with Gasteiger partial charge in [0.1, 0.15) is 12.7 Å². The van der Waals surface area contributed by atoms with E-state index in [-0.39, 0.29) is 29.3 Å². The average molecular weight is 348 g/mol. The van der Waals surface area contributed by atoms with Gasteiger partial charge in [-0.1, -0.05) is 0 Å². The molecule has 1 aliphatic carbocycles. The van der Waals surface area contributed by atoms with Crippen LogP contribution in [0, 0.1) is 0 Å². The summed E-state index contributed by atoms with van der Waals surface area (Å²) in [5, 5.41) is 12.7. The molecule has 2 heterocycles. The zero-order valence-electron chi connectivity index (χ0n) is 14.2. The molecule has 0 aromatic carbocycles. The molecular formula is C16H24N6O3. The smallest absolute Gasteiger partial charge is 0.222 e. The van der Waals surface area contributed by atoms with E-state index in [1.165, 1.54) is 6.33 Å². The van der Waals surface area contributed by atoms with E-state index in [0.717, 1.165) is 19.3 Å². The van der Waals surface area contributed by atoms with Gasteiger partial charge >= 0.3 is 0 Å². The standard InChI is InChI=1S/C16H24N6O3/c23-13(3-1-12-2-4-14(24)20-12)18-9-16(6-7-16)21-15(25)5-8-22-11-17-10-19-22/h10-12H,1-9H2,(H,18,23)(H,20,24)(H,21,25). The number of hydrogen-bond donors (Lipinski definition) is 3. The molecule has 9 nitrogen and oxygen atoms in total. The monoisotopic (exact) mass is 348 g/mol. The molecule has 2 aliphatic rings. The van der Waals surface area contributed by atoms with E-state index in [0.29, 0.717) is 38.8 Å². The van der Waals surface area contributed by atoms with E-state index in [2.05, 4.69) is 26.0 Å². The molecule has 3 N–H and O–H groups in total. The van der Waals surface area contributed by atoms with Crippen LogP contribution in [0.25, 0.3) is 0 Å². The molecule has 1 aliphatic heterocycles. The molecule has 1 saturated carbocycles. The molecule has 1 aromatic rings. The Morgan fingerprint density at radius 3 is 2.80 bits per heavy atom. The second-order valence-electron chi connectivity index (χ2n) is 6.86. The van der Waals surface area contributed by atoms with E-state index >= 15 is 0 Å². The molecular weight excluding hydrogens is 324 g/mol. The molecule has 1 unspecified atom stereocenters. The molecule has 1 aromatic heterocycles. The Hall–Kier alpha value is -2.45. The Bertz CT molecular complexity index is 626. The van der Waals surface area contributed by atoms with Gasteiger partial charge in [-0.05, 0) is 25.7 Å². The molecule has 1 atom stereocenters. The SMILES string of the molecule is O=C(CCC1CCC(=O)N1)NCC1(NC(=O)CCn2cncn2)CC1. The van der Waals surface area contributed by atoms with Crippen molar-refractivity contribution in [2.45, 2.75) is 63.1 Å². The lowest BCUT2D eigenvalue weighted by molar-refractivity contribution is -0.124. The van der Waals surface area contributed by atoms with Crippen molar-refractivity contribution in [3.63, 3.8) is 0 Å². The molecule has 3 rings (SSSR count). The molecule has 0 bridgehead atoms. The summed E-state index contributed by atoms with van der Waals surface area (Å²) in [6.07, 6.45) is 7.51. The number of aryl methyl sites for hydroxylation is 1. The highest BCUT2D eigenvalue weighted by Gasteiger charge is 2.44. The Morgan fingerprint density at radius 1 is 1.32 bits per heavy atom. The van der Waals surface area contributed by atoms with Crippen molar-refractivity contribution in [2.75, 3.05) is 6.54 Å². The number of nitrogens with zero attached hydrogens (tertiary/aromatic N) is 3. The second-order valence-corrected chi connectivity index (χ2v) is 6.86. The third kappa shape index (κ3) is 5.27. The van der Waals surface area contributed by atoms with Crippen LogP contribution in [0.15, 0.2) is 12.7 Å². The fraction of sp³-hybridized carbons (Fsp3) is 0.688. The van der Waals surface area contributed by atoms with Crippen LogP contribution in [-0.4, -0.2) is 50.6 Å². The largest absolute Gasteiger partial charge is 0.354 e. The van der Waals surface area contributed by atoms with Gasteiger partial charge in [0.25, 0.3) is 0 Å². The summed E-state index contributed by atoms with van der Waals surface area (Å²) in [6, 6.07) is 0.115. The topological polar surface area (TPSA) is 118 Å². The quantitative estimate of drug-likeness (QED) is 0.556. The van der Waals surface area contributed by atoms with Gasteiger partial charge in [-0.3, -0.25) is 19.1 Å².